The Morgan fingerprint density at radius 2 is 1.83 bits per heavy atom. The molecule has 0 radical (unpaired) electrons. The molecule has 2 aromatic heterocycles. The first-order valence-corrected chi connectivity index (χ1v) is 13.9. The van der Waals surface area contributed by atoms with Crippen molar-refractivity contribution in [1.82, 2.24) is 19.2 Å². The van der Waals surface area contributed by atoms with Gasteiger partial charge in [0.25, 0.3) is 0 Å². The number of pyridine rings is 1. The Morgan fingerprint density at radius 3 is 2.71 bits per heavy atom. The number of aromatic amines is 1. The van der Waals surface area contributed by atoms with Crippen LogP contribution >= 0.6 is 0 Å². The first-order chi connectivity index (χ1) is 17.1. The van der Waals surface area contributed by atoms with Crippen LogP contribution < -0.4 is 4.90 Å². The second-order valence-electron chi connectivity index (χ2n) is 9.61. The van der Waals surface area contributed by atoms with Gasteiger partial charge in [0.15, 0.2) is 0 Å². The zero-order valence-electron chi connectivity index (χ0n) is 19.8. The van der Waals surface area contributed by atoms with Gasteiger partial charge in [0.1, 0.15) is 4.90 Å². The highest BCUT2D eigenvalue weighted by Crippen LogP contribution is 2.30. The number of benzene rings is 2. The molecule has 1 atom stereocenters. The third-order valence-electron chi connectivity index (χ3n) is 7.56. The molecule has 0 bridgehead atoms. The average Bonchev–Trinajstić information content (AvgIpc) is 3.57. The third-order valence-corrected chi connectivity index (χ3v) is 9.48. The summed E-state index contributed by atoms with van der Waals surface area (Å²) in [5.41, 5.74) is 3.28. The van der Waals surface area contributed by atoms with E-state index >= 15 is 0 Å². The van der Waals surface area contributed by atoms with Crippen molar-refractivity contribution in [3.63, 3.8) is 0 Å². The summed E-state index contributed by atoms with van der Waals surface area (Å²) >= 11 is 0. The number of piperazine rings is 1. The van der Waals surface area contributed by atoms with Crippen LogP contribution in [0.25, 0.3) is 21.8 Å². The second kappa shape index (κ2) is 9.26. The van der Waals surface area contributed by atoms with E-state index in [0.717, 1.165) is 62.9 Å². The standard InChI is InChI=1S/C27H31N5O2S/c33-35(34,23-19-21-5-1-2-7-25(21)29-20-23)32-13-4-6-22(32)11-14-30-15-17-31(18-16-30)27-9-3-8-26-24(27)10-12-28-26/h1-3,5,7-10,12,19-20,22,28H,4,6,11,13-18H2/t22-/m1/s1. The normalized spacial score (nSPS) is 20.2. The Morgan fingerprint density at radius 1 is 0.971 bits per heavy atom. The summed E-state index contributed by atoms with van der Waals surface area (Å²) in [6, 6.07) is 18.0. The Balaban J connectivity index is 1.09. The number of para-hydroxylation sites is 1. The fraction of sp³-hybridized carbons (Fsp3) is 0.370. The first-order valence-electron chi connectivity index (χ1n) is 12.5. The molecule has 2 aliphatic heterocycles. The van der Waals surface area contributed by atoms with Crippen LogP contribution in [0.4, 0.5) is 5.69 Å². The number of H-pyrrole nitrogens is 1. The van der Waals surface area contributed by atoms with Crippen LogP contribution in [0.1, 0.15) is 19.3 Å². The summed E-state index contributed by atoms with van der Waals surface area (Å²) in [4.78, 5) is 12.9. The third kappa shape index (κ3) is 4.30. The van der Waals surface area contributed by atoms with Crippen LogP contribution in [0.15, 0.2) is 71.9 Å². The number of nitrogens with zero attached hydrogens (tertiary/aromatic N) is 4. The van der Waals surface area contributed by atoms with E-state index in [9.17, 15) is 8.42 Å². The van der Waals surface area contributed by atoms with E-state index < -0.39 is 10.0 Å². The topological polar surface area (TPSA) is 72.5 Å². The lowest BCUT2D eigenvalue weighted by molar-refractivity contribution is 0.232. The van der Waals surface area contributed by atoms with Crippen LogP contribution in [0.3, 0.4) is 0 Å². The summed E-state index contributed by atoms with van der Waals surface area (Å²) in [5, 5.41) is 2.13. The number of hydrogen-bond acceptors (Lipinski definition) is 5. The van der Waals surface area contributed by atoms with Crippen molar-refractivity contribution < 1.29 is 8.42 Å². The largest absolute Gasteiger partial charge is 0.368 e. The van der Waals surface area contributed by atoms with Crippen LogP contribution in [-0.2, 0) is 10.0 Å². The van der Waals surface area contributed by atoms with Gasteiger partial charge in [-0.15, -0.1) is 0 Å². The summed E-state index contributed by atoms with van der Waals surface area (Å²) < 4.78 is 28.7. The zero-order chi connectivity index (χ0) is 23.8. The van der Waals surface area contributed by atoms with E-state index in [1.54, 1.807) is 10.4 Å². The van der Waals surface area contributed by atoms with Crippen LogP contribution in [0.5, 0.6) is 0 Å². The van der Waals surface area contributed by atoms with Gasteiger partial charge in [0.2, 0.25) is 10.0 Å². The van der Waals surface area contributed by atoms with Gasteiger partial charge in [0.05, 0.1) is 5.52 Å². The van der Waals surface area contributed by atoms with Gasteiger partial charge < -0.3 is 9.88 Å². The number of hydrogen-bond donors (Lipinski definition) is 1. The first kappa shape index (κ1) is 22.5. The molecule has 4 aromatic rings. The molecule has 2 aromatic carbocycles. The maximum Gasteiger partial charge on any atom is 0.244 e. The maximum atomic E-state index is 13.5. The van der Waals surface area contributed by atoms with Gasteiger partial charge >= 0.3 is 0 Å². The molecular weight excluding hydrogens is 458 g/mol. The minimum Gasteiger partial charge on any atom is -0.368 e. The predicted octanol–water partition coefficient (Wildman–Crippen LogP) is 4.08. The van der Waals surface area contributed by atoms with Gasteiger partial charge in [-0.25, -0.2) is 8.42 Å². The summed E-state index contributed by atoms with van der Waals surface area (Å²) in [6.45, 7) is 5.48. The fourth-order valence-corrected chi connectivity index (χ4v) is 7.34. The minimum atomic E-state index is -3.55. The van der Waals surface area contributed by atoms with E-state index in [2.05, 4.69) is 44.0 Å². The SMILES string of the molecule is O=S(=O)(c1cnc2ccccc2c1)N1CCC[C@@H]1CCN1CCN(c2cccc3[nH]ccc23)CC1. The molecule has 0 amide bonds. The Kier molecular flexibility index (Phi) is 5.96. The van der Waals surface area contributed by atoms with Crippen LogP contribution in [0.2, 0.25) is 0 Å². The van der Waals surface area contributed by atoms with Gasteiger partial charge in [-0.2, -0.15) is 4.31 Å². The minimum absolute atomic E-state index is 0.0538. The van der Waals surface area contributed by atoms with E-state index in [0.29, 0.717) is 11.4 Å². The Hall–Kier alpha value is -2.94. The molecular formula is C27H31N5O2S. The summed E-state index contributed by atoms with van der Waals surface area (Å²) in [6.07, 6.45) is 6.22. The van der Waals surface area contributed by atoms with Crippen molar-refractivity contribution in [3.8, 4) is 0 Å². The zero-order valence-corrected chi connectivity index (χ0v) is 20.6. The van der Waals surface area contributed by atoms with Gasteiger partial charge in [-0.1, -0.05) is 24.3 Å². The molecule has 35 heavy (non-hydrogen) atoms. The molecule has 0 aliphatic carbocycles. The maximum absolute atomic E-state index is 13.5. The average molecular weight is 490 g/mol. The highest BCUT2D eigenvalue weighted by molar-refractivity contribution is 7.89. The Labute approximate surface area is 206 Å². The van der Waals surface area contributed by atoms with E-state index in [1.165, 1.54) is 22.8 Å². The van der Waals surface area contributed by atoms with Crippen molar-refractivity contribution in [2.24, 2.45) is 0 Å². The van der Waals surface area contributed by atoms with Crippen molar-refractivity contribution in [3.05, 3.63) is 67.0 Å². The fourth-order valence-electron chi connectivity index (χ4n) is 5.63. The van der Waals surface area contributed by atoms with Crippen LogP contribution in [-0.4, -0.2) is 72.9 Å². The monoisotopic (exact) mass is 489 g/mol. The van der Waals surface area contributed by atoms with Crippen molar-refractivity contribution >= 4 is 37.5 Å². The Bertz CT molecular complexity index is 1440. The lowest BCUT2D eigenvalue weighted by Crippen LogP contribution is -2.47. The second-order valence-corrected chi connectivity index (χ2v) is 11.5. The molecule has 2 saturated heterocycles. The number of anilines is 1. The molecule has 2 aliphatic rings. The number of aromatic nitrogens is 2. The quantitative estimate of drug-likeness (QED) is 0.442. The molecule has 7 nitrogen and oxygen atoms in total. The smallest absolute Gasteiger partial charge is 0.244 e. The molecule has 0 unspecified atom stereocenters. The van der Waals surface area contributed by atoms with Gasteiger partial charge in [-0.3, -0.25) is 9.88 Å². The molecule has 0 spiro atoms. The molecule has 4 heterocycles. The number of fused-ring (bicyclic) bond motifs is 2. The highest BCUT2D eigenvalue weighted by Gasteiger charge is 2.35. The highest BCUT2D eigenvalue weighted by atomic mass is 32.2. The van der Waals surface area contributed by atoms with Gasteiger partial charge in [-0.05, 0) is 56.1 Å². The lowest BCUT2D eigenvalue weighted by Gasteiger charge is -2.37. The molecule has 182 valence electrons. The number of rotatable bonds is 6. The van der Waals surface area contributed by atoms with E-state index in [4.69, 9.17) is 0 Å². The molecule has 2 fully saturated rings. The number of sulfonamides is 1. The van der Waals surface area contributed by atoms with Crippen molar-refractivity contribution in [2.75, 3.05) is 44.2 Å². The lowest BCUT2D eigenvalue weighted by atomic mass is 10.1. The van der Waals surface area contributed by atoms with Crippen LogP contribution in [0, 0.1) is 0 Å². The number of nitrogens with one attached hydrogen (secondary N) is 1. The van der Waals surface area contributed by atoms with Crippen molar-refractivity contribution in [2.45, 2.75) is 30.2 Å². The van der Waals surface area contributed by atoms with Crippen molar-refractivity contribution in [1.29, 1.82) is 0 Å². The molecule has 1 N–H and O–H groups in total. The van der Waals surface area contributed by atoms with E-state index in [1.807, 2.05) is 30.5 Å². The van der Waals surface area contributed by atoms with Gasteiger partial charge in [0, 0.05) is 73.1 Å². The predicted molar refractivity (Wildman–Crippen MR) is 140 cm³/mol. The summed E-state index contributed by atoms with van der Waals surface area (Å²) in [5.74, 6) is 0. The molecule has 0 saturated carbocycles. The molecule has 8 heteroatoms. The van der Waals surface area contributed by atoms with E-state index in [-0.39, 0.29) is 6.04 Å². The molecule has 6 rings (SSSR count). The summed E-state index contributed by atoms with van der Waals surface area (Å²) in [7, 11) is -3.55.